The van der Waals surface area contributed by atoms with E-state index in [1.165, 1.54) is 0 Å². The second-order valence-corrected chi connectivity index (χ2v) is 5.66. The molecule has 1 aliphatic rings. The summed E-state index contributed by atoms with van der Waals surface area (Å²) in [5.74, 6) is -0.577. The van der Waals surface area contributed by atoms with E-state index in [4.69, 9.17) is 0 Å². The number of hydrogen-bond acceptors (Lipinski definition) is 3. The summed E-state index contributed by atoms with van der Waals surface area (Å²) in [5, 5.41) is 0. The maximum Gasteiger partial charge on any atom is 0.391 e. The highest BCUT2D eigenvalue weighted by molar-refractivity contribution is 9.10. The summed E-state index contributed by atoms with van der Waals surface area (Å²) < 4.78 is 40.5. The zero-order valence-electron chi connectivity index (χ0n) is 10.4. The molecule has 1 fully saturated rings. The summed E-state index contributed by atoms with van der Waals surface area (Å²) in [7, 11) is 0. The van der Waals surface area contributed by atoms with Crippen LogP contribution >= 0.6 is 15.9 Å². The molecule has 4 nitrogen and oxygen atoms in total. The first-order chi connectivity index (χ1) is 9.45. The number of imidazole rings is 1. The Balaban J connectivity index is 1.85. The second kappa shape index (κ2) is 4.91. The van der Waals surface area contributed by atoms with Crippen molar-refractivity contribution < 1.29 is 13.2 Å². The first-order valence-corrected chi connectivity index (χ1v) is 7.05. The third-order valence-corrected chi connectivity index (χ3v) is 3.97. The largest absolute Gasteiger partial charge is 0.391 e. The smallest absolute Gasteiger partial charge is 0.353 e. The molecule has 8 heteroatoms. The van der Waals surface area contributed by atoms with Gasteiger partial charge in [-0.05, 0) is 28.8 Å². The van der Waals surface area contributed by atoms with Gasteiger partial charge in [0, 0.05) is 31.7 Å². The molecular weight excluding hydrogens is 337 g/mol. The van der Waals surface area contributed by atoms with Crippen LogP contribution in [-0.4, -0.2) is 33.6 Å². The Hall–Kier alpha value is -1.31. The average Bonchev–Trinajstić information content (AvgIpc) is 2.85. The third-order valence-electron chi connectivity index (χ3n) is 3.58. The van der Waals surface area contributed by atoms with Crippen molar-refractivity contribution in [2.75, 3.05) is 18.0 Å². The van der Waals surface area contributed by atoms with Gasteiger partial charge < -0.3 is 9.30 Å². The van der Waals surface area contributed by atoms with Crippen LogP contribution in [-0.2, 0) is 0 Å². The molecular formula is C12H12BrF3N4. The van der Waals surface area contributed by atoms with E-state index in [-0.39, 0.29) is 12.8 Å². The minimum Gasteiger partial charge on any atom is -0.353 e. The van der Waals surface area contributed by atoms with Gasteiger partial charge in [-0.3, -0.25) is 0 Å². The molecule has 1 saturated heterocycles. The maximum atomic E-state index is 12.7. The molecule has 0 bridgehead atoms. The Labute approximate surface area is 121 Å². The van der Waals surface area contributed by atoms with Crippen molar-refractivity contribution in [3.8, 4) is 0 Å². The number of halogens is 4. The van der Waals surface area contributed by atoms with Gasteiger partial charge in [0.1, 0.15) is 4.60 Å². The van der Waals surface area contributed by atoms with Crippen LogP contribution in [0.2, 0.25) is 0 Å². The molecule has 2 aromatic heterocycles. The van der Waals surface area contributed by atoms with Crippen LogP contribution in [0.3, 0.4) is 0 Å². The zero-order valence-corrected chi connectivity index (χ0v) is 12.0. The Morgan fingerprint density at radius 3 is 2.60 bits per heavy atom. The van der Waals surface area contributed by atoms with Gasteiger partial charge in [-0.25, -0.2) is 9.97 Å². The zero-order chi connectivity index (χ0) is 14.3. The highest BCUT2D eigenvalue weighted by Gasteiger charge is 2.41. The molecule has 3 rings (SSSR count). The van der Waals surface area contributed by atoms with E-state index < -0.39 is 12.1 Å². The highest BCUT2D eigenvalue weighted by Crippen LogP contribution is 2.35. The topological polar surface area (TPSA) is 33.4 Å². The third kappa shape index (κ3) is 2.48. The lowest BCUT2D eigenvalue weighted by Crippen LogP contribution is -2.39. The lowest BCUT2D eigenvalue weighted by atomic mass is 9.96. The summed E-state index contributed by atoms with van der Waals surface area (Å²) in [6.07, 6.45) is 1.31. The van der Waals surface area contributed by atoms with E-state index in [9.17, 15) is 13.2 Å². The van der Waals surface area contributed by atoms with Crippen LogP contribution in [0.25, 0.3) is 5.65 Å². The van der Waals surface area contributed by atoms with Crippen molar-refractivity contribution in [2.45, 2.75) is 19.0 Å². The van der Waals surface area contributed by atoms with Gasteiger partial charge in [-0.1, -0.05) is 0 Å². The predicted molar refractivity (Wildman–Crippen MR) is 71.7 cm³/mol. The quantitative estimate of drug-likeness (QED) is 0.792. The van der Waals surface area contributed by atoms with E-state index in [1.807, 2.05) is 9.30 Å². The van der Waals surface area contributed by atoms with E-state index in [0.717, 1.165) is 0 Å². The summed E-state index contributed by atoms with van der Waals surface area (Å²) >= 11 is 3.31. The molecule has 0 amide bonds. The van der Waals surface area contributed by atoms with Gasteiger partial charge in [-0.15, -0.1) is 0 Å². The number of hydrogen-bond donors (Lipinski definition) is 0. The standard InChI is InChI=1S/C12H12BrF3N4/c13-9-7-20-6-3-17-10(20)11(18-9)19-4-1-8(2-5-19)12(14,15)16/h3,6-8H,1-2,4-5H2. The minimum atomic E-state index is -4.10. The van der Waals surface area contributed by atoms with Gasteiger partial charge in [0.25, 0.3) is 0 Å². The van der Waals surface area contributed by atoms with Gasteiger partial charge in [0.2, 0.25) is 0 Å². The van der Waals surface area contributed by atoms with Crippen LogP contribution in [0.4, 0.5) is 19.0 Å². The first-order valence-electron chi connectivity index (χ1n) is 6.26. The fourth-order valence-corrected chi connectivity index (χ4v) is 2.90. The molecule has 0 unspecified atom stereocenters. The molecule has 108 valence electrons. The number of rotatable bonds is 1. The molecule has 0 aliphatic carbocycles. The number of nitrogens with zero attached hydrogens (tertiary/aromatic N) is 4. The van der Waals surface area contributed by atoms with Gasteiger partial charge in [0.15, 0.2) is 11.5 Å². The Bertz CT molecular complexity index is 617. The van der Waals surface area contributed by atoms with Crippen molar-refractivity contribution in [1.82, 2.24) is 14.4 Å². The molecule has 0 spiro atoms. The highest BCUT2D eigenvalue weighted by atomic mass is 79.9. The van der Waals surface area contributed by atoms with E-state index >= 15 is 0 Å². The molecule has 0 aromatic carbocycles. The van der Waals surface area contributed by atoms with Crippen LogP contribution in [0.15, 0.2) is 23.2 Å². The van der Waals surface area contributed by atoms with Crippen LogP contribution in [0, 0.1) is 5.92 Å². The van der Waals surface area contributed by atoms with Crippen molar-refractivity contribution in [2.24, 2.45) is 5.92 Å². The van der Waals surface area contributed by atoms with Crippen molar-refractivity contribution in [3.63, 3.8) is 0 Å². The van der Waals surface area contributed by atoms with Gasteiger partial charge in [-0.2, -0.15) is 13.2 Å². The SMILES string of the molecule is FC(F)(F)C1CCN(c2nc(Br)cn3ccnc23)CC1. The van der Waals surface area contributed by atoms with Gasteiger partial charge >= 0.3 is 6.18 Å². The van der Waals surface area contributed by atoms with Crippen LogP contribution < -0.4 is 4.90 Å². The number of aromatic nitrogens is 3. The Morgan fingerprint density at radius 2 is 1.95 bits per heavy atom. The number of alkyl halides is 3. The lowest BCUT2D eigenvalue weighted by molar-refractivity contribution is -0.179. The van der Waals surface area contributed by atoms with Crippen LogP contribution in [0.1, 0.15) is 12.8 Å². The summed E-state index contributed by atoms with van der Waals surface area (Å²) in [6.45, 7) is 0.687. The van der Waals surface area contributed by atoms with Gasteiger partial charge in [0.05, 0.1) is 5.92 Å². The van der Waals surface area contributed by atoms with Crippen molar-refractivity contribution in [1.29, 1.82) is 0 Å². The lowest BCUT2D eigenvalue weighted by Gasteiger charge is -2.33. The average molecular weight is 349 g/mol. The Morgan fingerprint density at radius 1 is 1.25 bits per heavy atom. The number of fused-ring (bicyclic) bond motifs is 1. The molecule has 0 saturated carbocycles. The maximum absolute atomic E-state index is 12.7. The predicted octanol–water partition coefficient (Wildman–Crippen LogP) is 3.27. The minimum absolute atomic E-state index is 0.102. The molecule has 2 aromatic rings. The van der Waals surface area contributed by atoms with E-state index in [1.54, 1.807) is 18.6 Å². The van der Waals surface area contributed by atoms with Crippen LogP contribution in [0.5, 0.6) is 0 Å². The van der Waals surface area contributed by atoms with E-state index in [0.29, 0.717) is 29.2 Å². The molecule has 0 N–H and O–H groups in total. The summed E-state index contributed by atoms with van der Waals surface area (Å²) in [4.78, 5) is 10.5. The summed E-state index contributed by atoms with van der Waals surface area (Å²) in [5.41, 5.74) is 0.665. The molecule has 1 aliphatic heterocycles. The molecule has 0 radical (unpaired) electrons. The fraction of sp³-hybridized carbons (Fsp3) is 0.500. The Kier molecular flexibility index (Phi) is 3.35. The summed E-state index contributed by atoms with van der Waals surface area (Å²) in [6, 6.07) is 0. The first kappa shape index (κ1) is 13.7. The molecule has 3 heterocycles. The monoisotopic (exact) mass is 348 g/mol. The van der Waals surface area contributed by atoms with Crippen molar-refractivity contribution in [3.05, 3.63) is 23.2 Å². The van der Waals surface area contributed by atoms with E-state index in [2.05, 4.69) is 25.9 Å². The molecule has 0 atom stereocenters. The van der Waals surface area contributed by atoms with Crippen molar-refractivity contribution >= 4 is 27.4 Å². The molecule has 20 heavy (non-hydrogen) atoms. The normalized spacial score (nSPS) is 17.9. The second-order valence-electron chi connectivity index (χ2n) is 4.85. The number of piperidine rings is 1. The fourth-order valence-electron chi connectivity index (χ4n) is 2.52. The number of anilines is 1.